The summed E-state index contributed by atoms with van der Waals surface area (Å²) in [4.78, 5) is 27.0. The molecular formula is C14H24N2O4. The van der Waals surface area contributed by atoms with Gasteiger partial charge in [-0.05, 0) is 44.7 Å². The summed E-state index contributed by atoms with van der Waals surface area (Å²) in [7, 11) is 0. The zero-order valence-corrected chi connectivity index (χ0v) is 11.8. The van der Waals surface area contributed by atoms with E-state index in [9.17, 15) is 9.59 Å². The summed E-state index contributed by atoms with van der Waals surface area (Å²) in [6, 6.07) is 0. The molecule has 6 heteroatoms. The number of aliphatic hydroxyl groups excluding tert-OH is 1. The van der Waals surface area contributed by atoms with Gasteiger partial charge >= 0.3 is 5.97 Å². The summed E-state index contributed by atoms with van der Waals surface area (Å²) >= 11 is 0. The smallest absolute Gasteiger partial charge is 0.306 e. The van der Waals surface area contributed by atoms with Crippen molar-refractivity contribution < 1.29 is 19.8 Å². The van der Waals surface area contributed by atoms with E-state index < -0.39 is 5.97 Å². The van der Waals surface area contributed by atoms with E-state index in [-0.39, 0.29) is 18.4 Å². The number of amides is 1. The molecule has 0 aliphatic carbocycles. The van der Waals surface area contributed by atoms with Gasteiger partial charge in [0.15, 0.2) is 0 Å². The number of carbonyl (C=O) groups is 2. The van der Waals surface area contributed by atoms with Gasteiger partial charge in [-0.2, -0.15) is 0 Å². The van der Waals surface area contributed by atoms with E-state index >= 15 is 0 Å². The minimum absolute atomic E-state index is 0.108. The maximum absolute atomic E-state index is 12.2. The molecule has 2 aliphatic heterocycles. The molecule has 0 saturated carbocycles. The van der Waals surface area contributed by atoms with Crippen LogP contribution in [-0.4, -0.2) is 71.2 Å². The largest absolute Gasteiger partial charge is 0.481 e. The Morgan fingerprint density at radius 2 is 1.60 bits per heavy atom. The van der Waals surface area contributed by atoms with Gasteiger partial charge < -0.3 is 15.1 Å². The number of hydrogen-bond donors (Lipinski definition) is 2. The standard InChI is InChI=1S/C14H24N2O4/c17-10-11-1-5-15(6-2-11)9-13(18)16-7-3-12(4-8-16)14(19)20/h11-12,17H,1-10H2,(H,19,20). The molecule has 6 nitrogen and oxygen atoms in total. The topological polar surface area (TPSA) is 81.1 Å². The van der Waals surface area contributed by atoms with Gasteiger partial charge in [-0.15, -0.1) is 0 Å². The molecule has 0 spiro atoms. The highest BCUT2D eigenvalue weighted by Crippen LogP contribution is 2.19. The van der Waals surface area contributed by atoms with E-state index in [1.165, 1.54) is 0 Å². The summed E-state index contributed by atoms with van der Waals surface area (Å²) < 4.78 is 0. The molecule has 20 heavy (non-hydrogen) atoms. The lowest BCUT2D eigenvalue weighted by atomic mass is 9.96. The predicted octanol–water partition coefficient (Wildman–Crippen LogP) is 0.0139. The van der Waals surface area contributed by atoms with Crippen molar-refractivity contribution in [3.63, 3.8) is 0 Å². The Morgan fingerprint density at radius 1 is 1.00 bits per heavy atom. The van der Waals surface area contributed by atoms with E-state index in [0.717, 1.165) is 25.9 Å². The first-order valence-electron chi connectivity index (χ1n) is 7.44. The number of carbonyl (C=O) groups excluding carboxylic acids is 1. The summed E-state index contributed by atoms with van der Waals surface area (Å²) in [5.41, 5.74) is 0. The first kappa shape index (κ1) is 15.3. The number of nitrogens with zero attached hydrogens (tertiary/aromatic N) is 2. The van der Waals surface area contributed by atoms with Crippen LogP contribution in [0.15, 0.2) is 0 Å². The molecule has 2 saturated heterocycles. The second-order valence-electron chi connectivity index (χ2n) is 5.90. The van der Waals surface area contributed by atoms with Crippen LogP contribution in [-0.2, 0) is 9.59 Å². The highest BCUT2D eigenvalue weighted by atomic mass is 16.4. The van der Waals surface area contributed by atoms with E-state index in [1.54, 1.807) is 4.90 Å². The van der Waals surface area contributed by atoms with Crippen molar-refractivity contribution in [3.05, 3.63) is 0 Å². The number of aliphatic carboxylic acids is 1. The van der Waals surface area contributed by atoms with Crippen LogP contribution >= 0.6 is 0 Å². The Hall–Kier alpha value is -1.14. The highest BCUT2D eigenvalue weighted by molar-refractivity contribution is 5.79. The SMILES string of the molecule is O=C(O)C1CCN(C(=O)CN2CCC(CO)CC2)CC1. The maximum Gasteiger partial charge on any atom is 0.306 e. The Balaban J connectivity index is 1.72. The molecule has 0 aromatic heterocycles. The fourth-order valence-electron chi connectivity index (χ4n) is 2.99. The van der Waals surface area contributed by atoms with E-state index in [2.05, 4.69) is 4.90 Å². The van der Waals surface area contributed by atoms with Crippen LogP contribution in [0, 0.1) is 11.8 Å². The second-order valence-corrected chi connectivity index (χ2v) is 5.90. The molecule has 0 bridgehead atoms. The third-order valence-corrected chi connectivity index (χ3v) is 4.52. The minimum Gasteiger partial charge on any atom is -0.481 e. The Bertz CT molecular complexity index is 345. The van der Waals surface area contributed by atoms with Crippen LogP contribution in [0.2, 0.25) is 0 Å². The lowest BCUT2D eigenvalue weighted by molar-refractivity contribution is -0.146. The van der Waals surface area contributed by atoms with Gasteiger partial charge in [0.25, 0.3) is 0 Å². The van der Waals surface area contributed by atoms with Crippen LogP contribution in [0.25, 0.3) is 0 Å². The van der Waals surface area contributed by atoms with Gasteiger partial charge in [-0.25, -0.2) is 0 Å². The fraction of sp³-hybridized carbons (Fsp3) is 0.857. The minimum atomic E-state index is -0.747. The summed E-state index contributed by atoms with van der Waals surface area (Å²) in [6.07, 6.45) is 3.02. The van der Waals surface area contributed by atoms with Crippen LogP contribution in [0.1, 0.15) is 25.7 Å². The summed E-state index contributed by atoms with van der Waals surface area (Å²) in [5.74, 6) is -0.550. The van der Waals surface area contributed by atoms with Gasteiger partial charge in [-0.3, -0.25) is 14.5 Å². The normalized spacial score (nSPS) is 22.9. The molecule has 1 amide bonds. The molecule has 2 rings (SSSR count). The quantitative estimate of drug-likeness (QED) is 0.760. The fourth-order valence-corrected chi connectivity index (χ4v) is 2.99. The molecule has 0 atom stereocenters. The van der Waals surface area contributed by atoms with Crippen molar-refractivity contribution in [2.75, 3.05) is 39.3 Å². The highest BCUT2D eigenvalue weighted by Gasteiger charge is 2.28. The van der Waals surface area contributed by atoms with Gasteiger partial charge in [0.1, 0.15) is 0 Å². The number of rotatable bonds is 4. The van der Waals surface area contributed by atoms with Gasteiger partial charge in [0, 0.05) is 19.7 Å². The lowest BCUT2D eigenvalue weighted by Gasteiger charge is -2.34. The predicted molar refractivity (Wildman–Crippen MR) is 73.2 cm³/mol. The Labute approximate surface area is 119 Å². The lowest BCUT2D eigenvalue weighted by Crippen LogP contribution is -2.46. The van der Waals surface area contributed by atoms with Gasteiger partial charge in [-0.1, -0.05) is 0 Å². The number of aliphatic hydroxyl groups is 1. The molecule has 2 fully saturated rings. The third kappa shape index (κ3) is 3.93. The molecule has 0 aromatic carbocycles. The third-order valence-electron chi connectivity index (χ3n) is 4.52. The number of likely N-dealkylation sites (tertiary alicyclic amines) is 2. The Kier molecular flexibility index (Phi) is 5.37. The van der Waals surface area contributed by atoms with Gasteiger partial charge in [0.05, 0.1) is 12.5 Å². The molecule has 0 radical (unpaired) electrons. The zero-order chi connectivity index (χ0) is 14.5. The van der Waals surface area contributed by atoms with Crippen LogP contribution in [0.4, 0.5) is 0 Å². The maximum atomic E-state index is 12.2. The van der Waals surface area contributed by atoms with Crippen LogP contribution in [0.3, 0.4) is 0 Å². The Morgan fingerprint density at radius 3 is 2.10 bits per heavy atom. The molecule has 0 aromatic rings. The number of carboxylic acid groups (broad SMARTS) is 1. The summed E-state index contributed by atoms with van der Waals surface area (Å²) in [6.45, 7) is 3.51. The van der Waals surface area contributed by atoms with Crippen molar-refractivity contribution in [1.82, 2.24) is 9.80 Å². The molecular weight excluding hydrogens is 260 g/mol. The van der Waals surface area contributed by atoms with Crippen molar-refractivity contribution >= 4 is 11.9 Å². The summed E-state index contributed by atoms with van der Waals surface area (Å²) in [5, 5.41) is 18.0. The van der Waals surface area contributed by atoms with Crippen molar-refractivity contribution in [3.8, 4) is 0 Å². The first-order valence-corrected chi connectivity index (χ1v) is 7.44. The first-order chi connectivity index (χ1) is 9.60. The molecule has 2 aliphatic rings. The zero-order valence-electron chi connectivity index (χ0n) is 11.8. The molecule has 2 heterocycles. The average Bonchev–Trinajstić information content (AvgIpc) is 2.48. The number of hydrogen-bond acceptors (Lipinski definition) is 4. The van der Waals surface area contributed by atoms with E-state index in [1.807, 2.05) is 0 Å². The molecule has 0 unspecified atom stereocenters. The number of piperidine rings is 2. The second kappa shape index (κ2) is 7.04. The average molecular weight is 284 g/mol. The van der Waals surface area contributed by atoms with Crippen molar-refractivity contribution in [2.24, 2.45) is 11.8 Å². The van der Waals surface area contributed by atoms with Crippen molar-refractivity contribution in [1.29, 1.82) is 0 Å². The van der Waals surface area contributed by atoms with Gasteiger partial charge in [0.2, 0.25) is 5.91 Å². The van der Waals surface area contributed by atoms with E-state index in [4.69, 9.17) is 10.2 Å². The monoisotopic (exact) mass is 284 g/mol. The van der Waals surface area contributed by atoms with Crippen molar-refractivity contribution in [2.45, 2.75) is 25.7 Å². The number of carboxylic acids is 1. The molecule has 114 valence electrons. The van der Waals surface area contributed by atoms with E-state index in [0.29, 0.717) is 38.4 Å². The van der Waals surface area contributed by atoms with Crippen LogP contribution in [0.5, 0.6) is 0 Å². The van der Waals surface area contributed by atoms with Crippen LogP contribution < -0.4 is 0 Å². The molecule has 2 N–H and O–H groups in total.